The summed E-state index contributed by atoms with van der Waals surface area (Å²) in [6.45, 7) is 0.438. The minimum absolute atomic E-state index is 0.0371. The average Bonchev–Trinajstić information content (AvgIpc) is 2.76. The first-order chi connectivity index (χ1) is 8.88. The SMILES string of the molecule is O=S(=O)(NCC1CCC(Br)C1)c1cc(Cl)ccc1Cl. The second-order valence-corrected chi connectivity index (χ2v) is 8.58. The van der Waals surface area contributed by atoms with Crippen molar-refractivity contribution in [3.05, 3.63) is 28.2 Å². The Hall–Kier alpha value is 0.190. The molecule has 0 aromatic heterocycles. The maximum Gasteiger partial charge on any atom is 0.242 e. The Morgan fingerprint density at radius 2 is 2.05 bits per heavy atom. The first-order valence-corrected chi connectivity index (χ1v) is 9.13. The van der Waals surface area contributed by atoms with Crippen molar-refractivity contribution in [2.45, 2.75) is 29.0 Å². The molecule has 106 valence electrons. The number of halogens is 3. The molecule has 1 N–H and O–H groups in total. The molecule has 2 rings (SSSR count). The largest absolute Gasteiger partial charge is 0.242 e. The molecule has 0 radical (unpaired) electrons. The number of benzene rings is 1. The van der Waals surface area contributed by atoms with Gasteiger partial charge >= 0.3 is 0 Å². The fourth-order valence-corrected chi connectivity index (χ4v) is 4.86. The summed E-state index contributed by atoms with van der Waals surface area (Å²) < 4.78 is 27.0. The minimum Gasteiger partial charge on any atom is -0.211 e. The van der Waals surface area contributed by atoms with Crippen LogP contribution in [0.25, 0.3) is 0 Å². The molecule has 0 bridgehead atoms. The van der Waals surface area contributed by atoms with E-state index >= 15 is 0 Å². The third kappa shape index (κ3) is 4.08. The van der Waals surface area contributed by atoms with Gasteiger partial charge in [-0.25, -0.2) is 13.1 Å². The third-order valence-electron chi connectivity index (χ3n) is 3.22. The summed E-state index contributed by atoms with van der Waals surface area (Å²) in [6, 6.07) is 4.42. The van der Waals surface area contributed by atoms with E-state index in [1.807, 2.05) is 0 Å². The zero-order valence-corrected chi connectivity index (χ0v) is 14.0. The van der Waals surface area contributed by atoms with Crippen LogP contribution in [0.4, 0.5) is 0 Å². The molecule has 1 aromatic carbocycles. The Bertz CT molecular complexity index is 565. The van der Waals surface area contributed by atoms with Crippen LogP contribution in [-0.2, 0) is 10.0 Å². The second kappa shape index (κ2) is 6.31. The molecule has 0 aliphatic heterocycles. The van der Waals surface area contributed by atoms with Crippen molar-refractivity contribution in [2.24, 2.45) is 5.92 Å². The van der Waals surface area contributed by atoms with Gasteiger partial charge in [0.2, 0.25) is 10.0 Å². The highest BCUT2D eigenvalue weighted by Crippen LogP contribution is 2.31. The molecular formula is C12H14BrCl2NO2S. The van der Waals surface area contributed by atoms with Gasteiger partial charge in [0, 0.05) is 16.4 Å². The summed E-state index contributed by atoms with van der Waals surface area (Å²) in [5.41, 5.74) is 0. The summed E-state index contributed by atoms with van der Waals surface area (Å²) in [4.78, 5) is 0.534. The van der Waals surface area contributed by atoms with Gasteiger partial charge in [0.25, 0.3) is 0 Å². The number of alkyl halides is 1. The molecule has 0 spiro atoms. The molecule has 0 saturated heterocycles. The van der Waals surface area contributed by atoms with E-state index in [1.165, 1.54) is 12.1 Å². The highest BCUT2D eigenvalue weighted by atomic mass is 79.9. The van der Waals surface area contributed by atoms with E-state index < -0.39 is 10.0 Å². The highest BCUT2D eigenvalue weighted by Gasteiger charge is 2.25. The molecule has 3 nitrogen and oxygen atoms in total. The lowest BCUT2D eigenvalue weighted by Crippen LogP contribution is -2.29. The zero-order valence-electron chi connectivity index (χ0n) is 10.1. The Kier molecular flexibility index (Phi) is 5.17. The number of nitrogens with one attached hydrogen (secondary N) is 1. The number of hydrogen-bond acceptors (Lipinski definition) is 2. The van der Waals surface area contributed by atoms with E-state index in [1.54, 1.807) is 6.07 Å². The van der Waals surface area contributed by atoms with Crippen LogP contribution in [0.1, 0.15) is 19.3 Å². The van der Waals surface area contributed by atoms with Crippen LogP contribution in [0.2, 0.25) is 10.0 Å². The molecule has 7 heteroatoms. The van der Waals surface area contributed by atoms with Crippen molar-refractivity contribution < 1.29 is 8.42 Å². The van der Waals surface area contributed by atoms with Crippen molar-refractivity contribution in [3.8, 4) is 0 Å². The van der Waals surface area contributed by atoms with Gasteiger partial charge < -0.3 is 0 Å². The fourth-order valence-electron chi connectivity index (χ4n) is 2.19. The van der Waals surface area contributed by atoms with Gasteiger partial charge in [0.05, 0.1) is 5.02 Å². The Labute approximate surface area is 131 Å². The van der Waals surface area contributed by atoms with Gasteiger partial charge in [-0.3, -0.25) is 0 Å². The van der Waals surface area contributed by atoms with Gasteiger partial charge in [0.15, 0.2) is 0 Å². The summed E-state index contributed by atoms with van der Waals surface area (Å²) in [7, 11) is -3.60. The van der Waals surface area contributed by atoms with E-state index in [0.717, 1.165) is 19.3 Å². The maximum absolute atomic E-state index is 12.2. The lowest BCUT2D eigenvalue weighted by molar-refractivity contribution is 0.521. The van der Waals surface area contributed by atoms with Crippen molar-refractivity contribution in [1.29, 1.82) is 0 Å². The number of sulfonamides is 1. The van der Waals surface area contributed by atoms with Crippen molar-refractivity contribution in [3.63, 3.8) is 0 Å². The van der Waals surface area contributed by atoms with Crippen molar-refractivity contribution >= 4 is 49.2 Å². The normalized spacial score (nSPS) is 23.7. The summed E-state index contributed by atoms with van der Waals surface area (Å²) in [6.07, 6.45) is 3.11. The van der Waals surface area contributed by atoms with Crippen molar-refractivity contribution in [1.82, 2.24) is 4.72 Å². The lowest BCUT2D eigenvalue weighted by Gasteiger charge is -2.12. The molecule has 1 aliphatic rings. The van der Waals surface area contributed by atoms with Crippen LogP contribution >= 0.6 is 39.1 Å². The van der Waals surface area contributed by atoms with E-state index in [2.05, 4.69) is 20.7 Å². The van der Waals surface area contributed by atoms with Gasteiger partial charge in [-0.05, 0) is 43.4 Å². The van der Waals surface area contributed by atoms with Gasteiger partial charge in [-0.1, -0.05) is 39.1 Å². The monoisotopic (exact) mass is 385 g/mol. The lowest BCUT2D eigenvalue weighted by atomic mass is 10.1. The third-order valence-corrected chi connectivity index (χ3v) is 6.19. The molecule has 1 aliphatic carbocycles. The molecule has 2 unspecified atom stereocenters. The predicted octanol–water partition coefficient (Wildman–Crippen LogP) is 3.84. The van der Waals surface area contributed by atoms with E-state index in [0.29, 0.717) is 22.3 Å². The topological polar surface area (TPSA) is 46.2 Å². The maximum atomic E-state index is 12.2. The van der Waals surface area contributed by atoms with Crippen LogP contribution in [0.3, 0.4) is 0 Å². The Balaban J connectivity index is 2.08. The predicted molar refractivity (Wildman–Crippen MR) is 81.7 cm³/mol. The van der Waals surface area contributed by atoms with Crippen LogP contribution in [0.5, 0.6) is 0 Å². The van der Waals surface area contributed by atoms with Crippen LogP contribution in [-0.4, -0.2) is 19.8 Å². The standard InChI is InChI=1S/C12H14BrCl2NO2S/c13-9-2-1-8(5-9)7-16-19(17,18)12-6-10(14)3-4-11(12)15/h3-4,6,8-9,16H,1-2,5,7H2. The second-order valence-electron chi connectivity index (χ2n) is 4.70. The van der Waals surface area contributed by atoms with Crippen LogP contribution < -0.4 is 4.72 Å². The molecule has 19 heavy (non-hydrogen) atoms. The molecule has 1 fully saturated rings. The van der Waals surface area contributed by atoms with Gasteiger partial charge in [-0.15, -0.1) is 0 Å². The van der Waals surface area contributed by atoms with Gasteiger partial charge in [-0.2, -0.15) is 0 Å². The van der Waals surface area contributed by atoms with Crippen LogP contribution in [0, 0.1) is 5.92 Å². The zero-order chi connectivity index (χ0) is 14.0. The van der Waals surface area contributed by atoms with E-state index in [-0.39, 0.29) is 9.92 Å². The molecule has 0 heterocycles. The molecule has 0 amide bonds. The minimum atomic E-state index is -3.60. The number of hydrogen-bond donors (Lipinski definition) is 1. The van der Waals surface area contributed by atoms with E-state index in [9.17, 15) is 8.42 Å². The number of rotatable bonds is 4. The van der Waals surface area contributed by atoms with Gasteiger partial charge in [0.1, 0.15) is 4.90 Å². The average molecular weight is 387 g/mol. The summed E-state index contributed by atoms with van der Waals surface area (Å²) in [5, 5.41) is 0.535. The summed E-state index contributed by atoms with van der Waals surface area (Å²) >= 11 is 15.3. The summed E-state index contributed by atoms with van der Waals surface area (Å²) in [5.74, 6) is 0.372. The van der Waals surface area contributed by atoms with E-state index in [4.69, 9.17) is 23.2 Å². The molecule has 1 aromatic rings. The molecule has 1 saturated carbocycles. The quantitative estimate of drug-likeness (QED) is 0.799. The Morgan fingerprint density at radius 3 is 2.68 bits per heavy atom. The van der Waals surface area contributed by atoms with Crippen molar-refractivity contribution in [2.75, 3.05) is 6.54 Å². The first-order valence-electron chi connectivity index (χ1n) is 5.97. The smallest absolute Gasteiger partial charge is 0.211 e. The molecule has 2 atom stereocenters. The van der Waals surface area contributed by atoms with Crippen LogP contribution in [0.15, 0.2) is 23.1 Å². The highest BCUT2D eigenvalue weighted by molar-refractivity contribution is 9.09. The molecular weight excluding hydrogens is 373 g/mol. The Morgan fingerprint density at radius 1 is 1.32 bits per heavy atom. The first kappa shape index (κ1) is 15.6. The fraction of sp³-hybridized carbons (Fsp3) is 0.500.